The molecule has 1 N–H and O–H groups in total. The molecule has 1 aliphatic carbocycles. The first kappa shape index (κ1) is 17.9. The van der Waals surface area contributed by atoms with Gasteiger partial charge >= 0.3 is 0 Å². The molecule has 3 rings (SSSR count). The van der Waals surface area contributed by atoms with Crippen LogP contribution in [0.1, 0.15) is 25.3 Å². The molecule has 1 amide bonds. The lowest BCUT2D eigenvalue weighted by Gasteiger charge is -2.36. The number of carbonyl (C=O) groups excluding carboxylic acids is 1. The van der Waals surface area contributed by atoms with E-state index in [9.17, 15) is 13.2 Å². The first-order valence-electron chi connectivity index (χ1n) is 8.47. The van der Waals surface area contributed by atoms with E-state index in [4.69, 9.17) is 5.26 Å². The smallest absolute Gasteiger partial charge is 0.244 e. The van der Waals surface area contributed by atoms with Crippen LogP contribution in [0.15, 0.2) is 29.2 Å². The van der Waals surface area contributed by atoms with Gasteiger partial charge in [0.25, 0.3) is 0 Å². The standard InChI is InChI=1S/C17H22N4O3S/c1-13(17(22)19-15-6-7-15)20-8-10-21(11-9-20)25(23,24)16-5-3-2-4-14(16)12-18/h2-5,13,15H,6-11H2,1H3,(H,19,22). The largest absolute Gasteiger partial charge is 0.352 e. The molecule has 1 saturated heterocycles. The quantitative estimate of drug-likeness (QED) is 0.825. The summed E-state index contributed by atoms with van der Waals surface area (Å²) in [4.78, 5) is 14.2. The summed E-state index contributed by atoms with van der Waals surface area (Å²) >= 11 is 0. The summed E-state index contributed by atoms with van der Waals surface area (Å²) in [5.41, 5.74) is 0.155. The highest BCUT2D eigenvalue weighted by atomic mass is 32.2. The van der Waals surface area contributed by atoms with Gasteiger partial charge in [-0.05, 0) is 31.9 Å². The Labute approximate surface area is 148 Å². The minimum Gasteiger partial charge on any atom is -0.352 e. The summed E-state index contributed by atoms with van der Waals surface area (Å²) in [7, 11) is -3.70. The van der Waals surface area contributed by atoms with Gasteiger partial charge in [0, 0.05) is 32.2 Å². The first-order chi connectivity index (χ1) is 11.9. The zero-order valence-corrected chi connectivity index (χ0v) is 15.0. The van der Waals surface area contributed by atoms with Crippen LogP contribution in [0.2, 0.25) is 0 Å². The second-order valence-corrected chi connectivity index (χ2v) is 8.41. The average molecular weight is 362 g/mol. The van der Waals surface area contributed by atoms with Gasteiger partial charge in [0.05, 0.1) is 16.5 Å². The van der Waals surface area contributed by atoms with E-state index in [1.807, 2.05) is 17.9 Å². The predicted octanol–water partition coefficient (Wildman–Crippen LogP) is 0.532. The van der Waals surface area contributed by atoms with Gasteiger partial charge < -0.3 is 5.32 Å². The van der Waals surface area contributed by atoms with E-state index in [2.05, 4.69) is 5.32 Å². The van der Waals surface area contributed by atoms with Gasteiger partial charge in [0.15, 0.2) is 0 Å². The fraction of sp³-hybridized carbons (Fsp3) is 0.529. The lowest BCUT2D eigenvalue weighted by Crippen LogP contribution is -2.55. The zero-order valence-electron chi connectivity index (χ0n) is 14.2. The second kappa shape index (κ2) is 7.12. The topological polar surface area (TPSA) is 93.5 Å². The highest BCUT2D eigenvalue weighted by Crippen LogP contribution is 2.22. The van der Waals surface area contributed by atoms with Crippen molar-refractivity contribution >= 4 is 15.9 Å². The summed E-state index contributed by atoms with van der Waals surface area (Å²) in [5.74, 6) is 0.00799. The minimum absolute atomic E-state index is 0.00799. The lowest BCUT2D eigenvalue weighted by molar-refractivity contribution is -0.126. The number of nitriles is 1. The molecule has 25 heavy (non-hydrogen) atoms. The maximum absolute atomic E-state index is 12.8. The monoisotopic (exact) mass is 362 g/mol. The lowest BCUT2D eigenvalue weighted by atomic mass is 10.2. The number of carbonyl (C=O) groups is 1. The van der Waals surface area contributed by atoms with Crippen molar-refractivity contribution in [1.29, 1.82) is 5.26 Å². The normalized spacial score (nSPS) is 20.6. The van der Waals surface area contributed by atoms with E-state index < -0.39 is 10.0 Å². The van der Waals surface area contributed by atoms with Crippen LogP contribution in [-0.4, -0.2) is 61.8 Å². The molecular formula is C17H22N4O3S. The number of rotatable bonds is 5. The SMILES string of the molecule is CC(C(=O)NC1CC1)N1CCN(S(=O)(=O)c2ccccc2C#N)CC1. The molecule has 2 aliphatic rings. The number of nitrogens with zero attached hydrogens (tertiary/aromatic N) is 3. The Morgan fingerprint density at radius 2 is 1.88 bits per heavy atom. The highest BCUT2D eigenvalue weighted by molar-refractivity contribution is 7.89. The average Bonchev–Trinajstić information content (AvgIpc) is 3.45. The molecule has 1 atom stereocenters. The Kier molecular flexibility index (Phi) is 5.08. The van der Waals surface area contributed by atoms with Crippen LogP contribution in [0.25, 0.3) is 0 Å². The third-order valence-corrected chi connectivity index (χ3v) is 6.71. The Balaban J connectivity index is 1.65. The summed E-state index contributed by atoms with van der Waals surface area (Å²) in [5, 5.41) is 12.1. The molecule has 1 aromatic rings. The van der Waals surface area contributed by atoms with Crippen LogP contribution in [0.3, 0.4) is 0 Å². The van der Waals surface area contributed by atoms with Gasteiger partial charge in [-0.1, -0.05) is 12.1 Å². The molecular weight excluding hydrogens is 340 g/mol. The molecule has 8 heteroatoms. The zero-order chi connectivity index (χ0) is 18.0. The molecule has 0 radical (unpaired) electrons. The Morgan fingerprint density at radius 3 is 2.48 bits per heavy atom. The summed E-state index contributed by atoms with van der Waals surface area (Å²) in [6, 6.07) is 8.23. The molecule has 1 aromatic carbocycles. The van der Waals surface area contributed by atoms with Gasteiger partial charge in [-0.2, -0.15) is 9.57 Å². The van der Waals surface area contributed by atoms with Crippen LogP contribution < -0.4 is 5.32 Å². The van der Waals surface area contributed by atoms with E-state index in [1.54, 1.807) is 12.1 Å². The van der Waals surface area contributed by atoms with E-state index >= 15 is 0 Å². The molecule has 2 fully saturated rings. The van der Waals surface area contributed by atoms with Gasteiger partial charge in [-0.25, -0.2) is 8.42 Å². The van der Waals surface area contributed by atoms with Crippen LogP contribution >= 0.6 is 0 Å². The Morgan fingerprint density at radius 1 is 1.24 bits per heavy atom. The third-order valence-electron chi connectivity index (χ3n) is 4.75. The van der Waals surface area contributed by atoms with Crippen molar-refractivity contribution in [1.82, 2.24) is 14.5 Å². The van der Waals surface area contributed by atoms with Crippen LogP contribution in [0, 0.1) is 11.3 Å². The number of amides is 1. The van der Waals surface area contributed by atoms with Crippen molar-refractivity contribution in [2.24, 2.45) is 0 Å². The molecule has 0 bridgehead atoms. The van der Waals surface area contributed by atoms with Crippen molar-refractivity contribution in [2.45, 2.75) is 36.7 Å². The molecule has 7 nitrogen and oxygen atoms in total. The maximum atomic E-state index is 12.8. The number of hydrogen-bond acceptors (Lipinski definition) is 5. The number of benzene rings is 1. The van der Waals surface area contributed by atoms with Crippen molar-refractivity contribution in [3.8, 4) is 6.07 Å². The molecule has 0 spiro atoms. The number of hydrogen-bond donors (Lipinski definition) is 1. The molecule has 1 aliphatic heterocycles. The fourth-order valence-electron chi connectivity index (χ4n) is 2.97. The summed E-state index contributed by atoms with van der Waals surface area (Å²) in [6.07, 6.45) is 2.09. The van der Waals surface area contributed by atoms with E-state index in [-0.39, 0.29) is 22.4 Å². The number of piperazine rings is 1. The first-order valence-corrected chi connectivity index (χ1v) is 9.91. The van der Waals surface area contributed by atoms with Crippen LogP contribution in [0.4, 0.5) is 0 Å². The van der Waals surface area contributed by atoms with Crippen LogP contribution in [0.5, 0.6) is 0 Å². The van der Waals surface area contributed by atoms with Crippen LogP contribution in [-0.2, 0) is 14.8 Å². The molecule has 134 valence electrons. The van der Waals surface area contributed by atoms with Gasteiger partial charge in [-0.15, -0.1) is 0 Å². The van der Waals surface area contributed by atoms with Gasteiger partial charge in [-0.3, -0.25) is 9.69 Å². The van der Waals surface area contributed by atoms with Crippen molar-refractivity contribution < 1.29 is 13.2 Å². The van der Waals surface area contributed by atoms with E-state index in [0.717, 1.165) is 12.8 Å². The molecule has 0 aromatic heterocycles. The Bertz CT molecular complexity index is 790. The number of nitrogens with one attached hydrogen (secondary N) is 1. The minimum atomic E-state index is -3.70. The fourth-order valence-corrected chi connectivity index (χ4v) is 4.53. The molecule has 1 heterocycles. The predicted molar refractivity (Wildman–Crippen MR) is 92.1 cm³/mol. The highest BCUT2D eigenvalue weighted by Gasteiger charge is 2.34. The maximum Gasteiger partial charge on any atom is 0.244 e. The van der Waals surface area contributed by atoms with E-state index in [0.29, 0.717) is 32.2 Å². The van der Waals surface area contributed by atoms with Gasteiger partial charge in [0.2, 0.25) is 15.9 Å². The summed E-state index contributed by atoms with van der Waals surface area (Å²) < 4.78 is 27.0. The van der Waals surface area contributed by atoms with Gasteiger partial charge in [0.1, 0.15) is 6.07 Å². The van der Waals surface area contributed by atoms with Crippen molar-refractivity contribution in [3.05, 3.63) is 29.8 Å². The van der Waals surface area contributed by atoms with Crippen molar-refractivity contribution in [2.75, 3.05) is 26.2 Å². The Hall–Kier alpha value is -1.95. The summed E-state index contributed by atoms with van der Waals surface area (Å²) in [6.45, 7) is 3.46. The van der Waals surface area contributed by atoms with E-state index in [1.165, 1.54) is 16.4 Å². The number of sulfonamides is 1. The third kappa shape index (κ3) is 3.84. The molecule has 1 unspecified atom stereocenters. The molecule has 1 saturated carbocycles. The van der Waals surface area contributed by atoms with Crippen molar-refractivity contribution in [3.63, 3.8) is 0 Å². The second-order valence-electron chi connectivity index (χ2n) is 6.51.